The molecule has 0 aromatic carbocycles. The van der Waals surface area contributed by atoms with Gasteiger partial charge >= 0.3 is 103 Å². The second kappa shape index (κ2) is 37.3. The number of carbonyl (C=O) groups is 4. The fraction of sp³-hybridized carbons (Fsp3) is 0.911. The summed E-state index contributed by atoms with van der Waals surface area (Å²) in [4.78, 5) is 51.9. The van der Waals surface area contributed by atoms with Crippen molar-refractivity contribution in [2.24, 2.45) is 137 Å². The Labute approximate surface area is 722 Å². The Bertz CT molecular complexity index is 3310. The molecule has 0 unspecified atom stereocenters. The molecule has 2 aromatic rings. The van der Waals surface area contributed by atoms with Gasteiger partial charge in [0.05, 0.1) is 47.7 Å². The summed E-state index contributed by atoms with van der Waals surface area (Å²) in [5.41, 5.74) is 0.511. The number of carbonyl (C=O) groups excluding carboxylic acids is 4. The van der Waals surface area contributed by atoms with Crippen LogP contribution in [-0.4, -0.2) is 155 Å². The molecule has 0 saturated heterocycles. The van der Waals surface area contributed by atoms with E-state index in [1.807, 2.05) is 13.8 Å². The van der Waals surface area contributed by atoms with Crippen molar-refractivity contribution >= 4 is 45.5 Å². The predicted molar refractivity (Wildman–Crippen MR) is 395 cm³/mol. The number of aliphatic hydroxyl groups is 3. The smallest absolute Gasteiger partial charge is 1.00 e. The molecule has 24 atom stereocenters. The molecular weight excluding hydrogens is 1450 g/mol. The van der Waals surface area contributed by atoms with Gasteiger partial charge in [-0.1, -0.05) is 72.3 Å². The average molecular weight is 1590 g/mol. The zero-order valence-electron chi connectivity index (χ0n) is 66.1. The summed E-state index contributed by atoms with van der Waals surface area (Å²) in [6.45, 7) is 22.8. The number of Topliss-reactive ketones (excluding diaryl/α,β-unsaturated/α-hetero) is 3. The standard InChI is InChI=1S/2C25H40N4O3.C23H37BrO3.C3H5N3.CH2O3.2CH4.2K.H/c1-16-26-27-28-29(16)14-22(30)21-8-7-19-18-6-5-17-13-25(31,15-32-4)12-11-23(17,2)20(18)9-10-24(19,21)3;1-16-26-28-29(27-16)14-22(30)21-8-7-19-18-6-5-17-13-25(31,15-32-4)12-11-23(17,2)20(18)9-10-24(19,21)3;1-21-10-11-23(26,14-27-3)12-15(21)4-5-16-17-6-7-19(20(25)13-24)22(17,2)9-8-18(16)21;1-3-2-4-6-5-3;2-1-4-3;;;;;/h2*17-21,31H,5-15H2,1-4H3;15-19,26H,4-14H2,1-3H3;2H2,1H3;1,3H;2*1H4;;;/q;;;;;;;2*+1;-1/p-1/t2*17-,18-,19-,20-,21+,23-,24-,25+;15-,16-,17-,18-,19+,21-,22-,23+;;;;;;;/m000......./s1. The fourth-order valence-electron chi connectivity index (χ4n) is 26.4. The largest absolute Gasteiger partial charge is 1.00 e. The van der Waals surface area contributed by atoms with Crippen molar-refractivity contribution in [3.8, 4) is 0 Å². The van der Waals surface area contributed by atoms with E-state index in [1.54, 1.807) is 32.9 Å². The van der Waals surface area contributed by atoms with Crippen LogP contribution in [0.15, 0.2) is 15.4 Å². The third kappa shape index (κ3) is 18.4. The molecule has 1 aliphatic heterocycles. The van der Waals surface area contributed by atoms with Gasteiger partial charge in [0.15, 0.2) is 17.4 Å². The Kier molecular flexibility index (Phi) is 32.5. The van der Waals surface area contributed by atoms with Crippen LogP contribution in [0.2, 0.25) is 0 Å². The van der Waals surface area contributed by atoms with Gasteiger partial charge in [0.2, 0.25) is 0 Å². The van der Waals surface area contributed by atoms with Gasteiger partial charge in [0.25, 0.3) is 6.47 Å². The summed E-state index contributed by atoms with van der Waals surface area (Å²) in [6.07, 6.45) is 30.0. The van der Waals surface area contributed by atoms with Gasteiger partial charge in [0, 0.05) is 39.1 Å². The molecule has 0 radical (unpaired) electrons. The first kappa shape index (κ1) is 91.5. The minimum Gasteiger partial charge on any atom is -1.00 e. The minimum absolute atomic E-state index is 0. The van der Waals surface area contributed by atoms with Crippen molar-refractivity contribution in [3.05, 3.63) is 11.6 Å². The van der Waals surface area contributed by atoms with Gasteiger partial charge < -0.3 is 41.1 Å². The number of aromatic nitrogens is 8. The van der Waals surface area contributed by atoms with Crippen LogP contribution in [0, 0.1) is 135 Å². The van der Waals surface area contributed by atoms with Crippen LogP contribution >= 0.6 is 15.9 Å². The third-order valence-electron chi connectivity index (χ3n) is 31.5. The summed E-state index contributed by atoms with van der Waals surface area (Å²) in [6, 6.07) is 0. The average Bonchev–Trinajstić information content (AvgIpc) is 1.39. The first-order valence-corrected chi connectivity index (χ1v) is 40.0. The number of halogens is 1. The minimum atomic E-state index is -0.645. The molecule has 2 aromatic heterocycles. The molecule has 26 heteroatoms. The van der Waals surface area contributed by atoms with Crippen LogP contribution in [0.5, 0.6) is 0 Å². The molecule has 0 amide bonds. The summed E-state index contributed by atoms with van der Waals surface area (Å²) >= 11 is 3.43. The van der Waals surface area contributed by atoms with Gasteiger partial charge in [0.1, 0.15) is 31.2 Å². The SMILES string of the molecule is C.C.CC1=NN=NC1.COC[C@@]1(O)CC[C@@]2(C)[C@@H](CC[C@@H]3[C@@H]2CC[C@]2(C)[C@@H](C(=O)CBr)CC[C@@H]32)C1.COC[C@@]1(O)CC[C@@]2(C)[C@@H](CC[C@@H]3[C@@H]2CC[C@]2(C)[C@@H](C(=O)Cn4nnc(C)n4)CC[C@@H]32)C1.COC[C@@]1(O)CC[C@@]2(C)[C@@H](CC[C@@H]3[C@@H]2CC[C@]2(C)[C@@H](C(=O)Cn4nnnc4C)CC[C@@H]32)C1.O=CO[O-].[H-].[K+].[K+]. The molecule has 12 aliphatic carbocycles. The third-order valence-corrected chi connectivity index (χ3v) is 32.0. The number of hydrogen-bond acceptors (Lipinski definition) is 21. The van der Waals surface area contributed by atoms with Gasteiger partial charge in [-0.25, -0.2) is 4.68 Å². The predicted octanol–water partition coefficient (Wildman–Crippen LogP) is 6.82. The quantitative estimate of drug-likeness (QED) is 0.0542. The second-order valence-corrected chi connectivity index (χ2v) is 36.8. The van der Waals surface area contributed by atoms with Crippen molar-refractivity contribution in [2.45, 2.75) is 280 Å². The first-order chi connectivity index (χ1) is 48.0. The summed E-state index contributed by atoms with van der Waals surface area (Å²) in [5, 5.41) is 76.4. The molecule has 23 nitrogen and oxygen atoms in total. The number of hydrogen-bond donors (Lipinski definition) is 3. The van der Waals surface area contributed by atoms with Crippen molar-refractivity contribution in [1.29, 1.82) is 0 Å². The molecule has 105 heavy (non-hydrogen) atoms. The molecule has 13 aliphatic rings. The number of alkyl halides is 1. The zero-order valence-corrected chi connectivity index (χ0v) is 72.9. The molecule has 12 fully saturated rings. The van der Waals surface area contributed by atoms with Gasteiger partial charge in [-0.05, 0) is 319 Å². The Morgan fingerprint density at radius 2 is 0.895 bits per heavy atom. The summed E-state index contributed by atoms with van der Waals surface area (Å²) in [5.74, 6) is 11.1. The maximum absolute atomic E-state index is 13.4. The van der Waals surface area contributed by atoms with Crippen molar-refractivity contribution in [1.82, 2.24) is 40.4 Å². The van der Waals surface area contributed by atoms with Crippen molar-refractivity contribution in [3.63, 3.8) is 0 Å². The van der Waals surface area contributed by atoms with Crippen LogP contribution in [0.4, 0.5) is 0 Å². The molecule has 12 saturated carbocycles. The van der Waals surface area contributed by atoms with E-state index in [0.717, 1.165) is 131 Å². The van der Waals surface area contributed by atoms with E-state index in [1.165, 1.54) is 88.3 Å². The molecule has 3 heterocycles. The topological polar surface area (TPSA) is 313 Å². The van der Waals surface area contributed by atoms with E-state index in [2.05, 4.69) is 109 Å². The Morgan fingerprint density at radius 1 is 0.524 bits per heavy atom. The number of ether oxygens (including phenoxy) is 3. The maximum Gasteiger partial charge on any atom is 1.00 e. The number of fused-ring (bicyclic) bond motifs is 15. The molecule has 3 N–H and O–H groups in total. The van der Waals surface area contributed by atoms with E-state index in [9.17, 15) is 29.7 Å². The number of rotatable bonds is 15. The van der Waals surface area contributed by atoms with Gasteiger partial charge in [-0.15, -0.1) is 20.4 Å². The molecular formula is C79H132BrK2N11O12. The van der Waals surface area contributed by atoms with Crippen molar-refractivity contribution < 1.29 is 163 Å². The fourth-order valence-corrected chi connectivity index (χ4v) is 26.8. The Hall–Kier alpha value is -0.637. The van der Waals surface area contributed by atoms with E-state index in [-0.39, 0.29) is 172 Å². The van der Waals surface area contributed by atoms with Crippen molar-refractivity contribution in [2.75, 3.05) is 53.0 Å². The Morgan fingerprint density at radius 3 is 1.19 bits per heavy atom. The number of ketones is 3. The molecule has 15 rings (SSSR count). The van der Waals surface area contributed by atoms with E-state index < -0.39 is 16.8 Å². The van der Waals surface area contributed by atoms with Crippen LogP contribution in [-0.2, 0) is 51.4 Å². The number of methoxy groups -OCH3 is 3. The monoisotopic (exact) mass is 1580 g/mol. The first-order valence-electron chi connectivity index (χ1n) is 38.8. The normalized spacial score (nSPS) is 42.5. The number of tetrazole rings is 2. The van der Waals surface area contributed by atoms with E-state index >= 15 is 0 Å². The second-order valence-electron chi connectivity index (χ2n) is 36.3. The molecule has 584 valence electrons. The van der Waals surface area contributed by atoms with E-state index in [4.69, 9.17) is 24.3 Å². The van der Waals surface area contributed by atoms with Crippen LogP contribution < -0.4 is 108 Å². The zero-order chi connectivity index (χ0) is 72.7. The van der Waals surface area contributed by atoms with Gasteiger partial charge in [-0.2, -0.15) is 9.91 Å². The molecule has 0 spiro atoms. The van der Waals surface area contributed by atoms with E-state index in [0.29, 0.717) is 113 Å². The van der Waals surface area contributed by atoms with Crippen LogP contribution in [0.3, 0.4) is 0 Å². The molecule has 0 bridgehead atoms. The number of nitrogens with zero attached hydrogens (tertiary/aromatic N) is 11. The van der Waals surface area contributed by atoms with Crippen LogP contribution in [0.1, 0.15) is 250 Å². The van der Waals surface area contributed by atoms with Gasteiger partial charge in [-0.3, -0.25) is 19.2 Å². The number of aryl methyl sites for hydroxylation is 2. The Balaban J connectivity index is 0.000000229. The van der Waals surface area contributed by atoms with Crippen LogP contribution in [0.25, 0.3) is 0 Å². The summed E-state index contributed by atoms with van der Waals surface area (Å²) in [7, 11) is 5.10. The summed E-state index contributed by atoms with van der Waals surface area (Å²) < 4.78 is 17.7. The maximum atomic E-state index is 13.4.